The highest BCUT2D eigenvalue weighted by Crippen LogP contribution is 2.44. The summed E-state index contributed by atoms with van der Waals surface area (Å²) < 4.78 is 0. The number of amides is 2. The molecule has 6 N–H and O–H groups in total. The van der Waals surface area contributed by atoms with E-state index in [0.717, 1.165) is 0 Å². The van der Waals surface area contributed by atoms with Gasteiger partial charge in [0, 0.05) is 16.9 Å². The molecule has 12 heteroatoms. The number of ketones is 2. The number of rotatable bonds is 9. The molecule has 0 spiro atoms. The zero-order chi connectivity index (χ0) is 28.0. The van der Waals surface area contributed by atoms with Crippen LogP contribution in [0.25, 0.3) is 11.1 Å². The van der Waals surface area contributed by atoms with Crippen LogP contribution in [-0.4, -0.2) is 23.4 Å². The highest BCUT2D eigenvalue weighted by molar-refractivity contribution is 6.42. The van der Waals surface area contributed by atoms with Gasteiger partial charge in [-0.25, -0.2) is 0 Å². The molecule has 0 bridgehead atoms. The smallest absolute Gasteiger partial charge is 0.231 e. The number of benzene rings is 3. The summed E-state index contributed by atoms with van der Waals surface area (Å²) in [6, 6.07) is 12.5. The lowest BCUT2D eigenvalue weighted by molar-refractivity contribution is -0.125. The maximum atomic E-state index is 12.4. The van der Waals surface area contributed by atoms with E-state index in [9.17, 15) is 19.2 Å². The summed E-state index contributed by atoms with van der Waals surface area (Å²) in [7, 11) is 0. The summed E-state index contributed by atoms with van der Waals surface area (Å²) in [6.45, 7) is 2.60. The Balaban J connectivity index is 2.16. The number of azo groups is 1. The summed E-state index contributed by atoms with van der Waals surface area (Å²) in [5, 5.41) is 14.5. The first-order chi connectivity index (χ1) is 17.9. The van der Waals surface area contributed by atoms with Gasteiger partial charge in [-0.15, -0.1) is 10.2 Å². The first kappa shape index (κ1) is 28.3. The van der Waals surface area contributed by atoms with Crippen molar-refractivity contribution in [2.75, 3.05) is 22.1 Å². The van der Waals surface area contributed by atoms with Crippen molar-refractivity contribution in [3.05, 3.63) is 58.6 Å². The number of anilines is 4. The summed E-state index contributed by atoms with van der Waals surface area (Å²) in [5.41, 5.74) is 14.6. The molecule has 2 amide bonds. The van der Waals surface area contributed by atoms with Gasteiger partial charge in [-0.3, -0.25) is 19.2 Å². The molecule has 3 aromatic rings. The Labute approximate surface area is 228 Å². The van der Waals surface area contributed by atoms with Crippen molar-refractivity contribution in [2.45, 2.75) is 26.7 Å². The van der Waals surface area contributed by atoms with Gasteiger partial charge in [0.2, 0.25) is 11.8 Å². The van der Waals surface area contributed by atoms with Crippen LogP contribution in [0.3, 0.4) is 0 Å². The van der Waals surface area contributed by atoms with E-state index in [2.05, 4.69) is 20.9 Å². The molecule has 0 atom stereocenters. The zero-order valence-corrected chi connectivity index (χ0v) is 22.0. The topological polar surface area (TPSA) is 169 Å². The second-order valence-corrected chi connectivity index (χ2v) is 9.20. The van der Waals surface area contributed by atoms with Gasteiger partial charge in [0.1, 0.15) is 22.9 Å². The molecule has 0 saturated carbocycles. The van der Waals surface area contributed by atoms with Crippen LogP contribution in [0.1, 0.15) is 26.7 Å². The molecule has 0 aliphatic heterocycles. The Morgan fingerprint density at radius 2 is 1.37 bits per heavy atom. The highest BCUT2D eigenvalue weighted by atomic mass is 35.5. The van der Waals surface area contributed by atoms with E-state index in [-0.39, 0.29) is 52.2 Å². The van der Waals surface area contributed by atoms with Crippen LogP contribution in [0.2, 0.25) is 10.0 Å². The highest BCUT2D eigenvalue weighted by Gasteiger charge is 2.18. The summed E-state index contributed by atoms with van der Waals surface area (Å²) in [6.07, 6.45) is -0.658. The lowest BCUT2D eigenvalue weighted by atomic mass is 10.0. The standard InChI is InChI=1S/C26H24Cl2N6O4/c1-13(35)9-23(37)31-20-7-4-16(29)12-22(20)33-34-26-21(32-24(38)10-14(2)36)8-6-19(30)25(26)15-3-5-17(27)18(28)11-15/h3-8,11-12H,9-10,29-30H2,1-2H3,(H,31,37)(H,32,38). The summed E-state index contributed by atoms with van der Waals surface area (Å²) in [5.74, 6) is -1.72. The number of hydrogen-bond acceptors (Lipinski definition) is 8. The van der Waals surface area contributed by atoms with E-state index in [0.29, 0.717) is 27.5 Å². The van der Waals surface area contributed by atoms with Crippen molar-refractivity contribution in [3.8, 4) is 11.1 Å². The second-order valence-electron chi connectivity index (χ2n) is 8.39. The van der Waals surface area contributed by atoms with E-state index in [1.165, 1.54) is 32.0 Å². The SMILES string of the molecule is CC(=O)CC(=O)Nc1ccc(N)cc1N=Nc1c(NC(=O)CC(C)=O)ccc(N)c1-c1ccc(Cl)c(Cl)c1. The number of Topliss-reactive ketones (excluding diaryl/α,β-unsaturated/α-hetero) is 2. The van der Waals surface area contributed by atoms with E-state index in [1.807, 2.05) is 0 Å². The van der Waals surface area contributed by atoms with Crippen LogP contribution in [0.5, 0.6) is 0 Å². The molecular weight excluding hydrogens is 531 g/mol. The van der Waals surface area contributed by atoms with Gasteiger partial charge in [-0.05, 0) is 61.9 Å². The van der Waals surface area contributed by atoms with Gasteiger partial charge in [0.05, 0.1) is 34.3 Å². The summed E-state index contributed by atoms with van der Waals surface area (Å²) in [4.78, 5) is 47.4. The molecule has 3 rings (SSSR count). The maximum Gasteiger partial charge on any atom is 0.231 e. The maximum absolute atomic E-state index is 12.4. The predicted molar refractivity (Wildman–Crippen MR) is 149 cm³/mol. The molecule has 0 aliphatic carbocycles. The molecule has 0 aliphatic rings. The predicted octanol–water partition coefficient (Wildman–Crippen LogP) is 6.08. The van der Waals surface area contributed by atoms with Crippen molar-refractivity contribution in [1.29, 1.82) is 0 Å². The molecule has 0 unspecified atom stereocenters. The van der Waals surface area contributed by atoms with Crippen LogP contribution < -0.4 is 22.1 Å². The van der Waals surface area contributed by atoms with Crippen molar-refractivity contribution in [3.63, 3.8) is 0 Å². The van der Waals surface area contributed by atoms with Crippen LogP contribution in [0.15, 0.2) is 58.8 Å². The number of nitrogens with two attached hydrogens (primary N) is 2. The lowest BCUT2D eigenvalue weighted by Crippen LogP contribution is -2.15. The Morgan fingerprint density at radius 3 is 1.97 bits per heavy atom. The zero-order valence-electron chi connectivity index (χ0n) is 20.5. The van der Waals surface area contributed by atoms with Crippen LogP contribution in [0, 0.1) is 0 Å². The fourth-order valence-corrected chi connectivity index (χ4v) is 3.75. The first-order valence-electron chi connectivity index (χ1n) is 11.2. The van der Waals surface area contributed by atoms with Gasteiger partial charge in [-0.1, -0.05) is 29.3 Å². The number of carbonyl (C=O) groups is 4. The molecule has 0 fully saturated rings. The molecule has 10 nitrogen and oxygen atoms in total. The molecule has 0 heterocycles. The van der Waals surface area contributed by atoms with Crippen molar-refractivity contribution < 1.29 is 19.2 Å². The fraction of sp³-hybridized carbons (Fsp3) is 0.154. The number of carbonyl (C=O) groups excluding carboxylic acids is 4. The number of nitrogen functional groups attached to an aromatic ring is 2. The van der Waals surface area contributed by atoms with Crippen LogP contribution in [-0.2, 0) is 19.2 Å². The van der Waals surface area contributed by atoms with E-state index in [4.69, 9.17) is 34.7 Å². The largest absolute Gasteiger partial charge is 0.399 e. The van der Waals surface area contributed by atoms with Crippen molar-refractivity contribution >= 4 is 80.7 Å². The number of halogens is 2. The molecular formula is C26H24Cl2N6O4. The van der Waals surface area contributed by atoms with E-state index < -0.39 is 11.8 Å². The molecule has 0 saturated heterocycles. The van der Waals surface area contributed by atoms with Crippen LogP contribution >= 0.6 is 23.2 Å². The van der Waals surface area contributed by atoms with Crippen molar-refractivity contribution in [2.24, 2.45) is 10.2 Å². The van der Waals surface area contributed by atoms with Gasteiger partial charge >= 0.3 is 0 Å². The quantitative estimate of drug-likeness (QED) is 0.142. The second kappa shape index (κ2) is 12.3. The minimum atomic E-state index is -0.556. The average Bonchev–Trinajstić information content (AvgIpc) is 2.81. The van der Waals surface area contributed by atoms with E-state index >= 15 is 0 Å². The molecule has 38 heavy (non-hydrogen) atoms. The molecule has 3 aromatic carbocycles. The number of nitrogens with one attached hydrogen (secondary N) is 2. The molecule has 0 aromatic heterocycles. The molecule has 0 radical (unpaired) electrons. The third-order valence-corrected chi connectivity index (χ3v) is 5.80. The van der Waals surface area contributed by atoms with Crippen LogP contribution in [0.4, 0.5) is 34.1 Å². The Kier molecular flexibility index (Phi) is 9.16. The minimum absolute atomic E-state index is 0.156. The van der Waals surface area contributed by atoms with Gasteiger partial charge in [0.15, 0.2) is 0 Å². The summed E-state index contributed by atoms with van der Waals surface area (Å²) >= 11 is 12.3. The van der Waals surface area contributed by atoms with Crippen molar-refractivity contribution in [1.82, 2.24) is 0 Å². The van der Waals surface area contributed by atoms with Gasteiger partial charge in [0.25, 0.3) is 0 Å². The van der Waals surface area contributed by atoms with Gasteiger partial charge < -0.3 is 22.1 Å². The Morgan fingerprint density at radius 1 is 0.763 bits per heavy atom. The Hall–Kier alpha value is -4.28. The Bertz CT molecular complexity index is 1470. The number of nitrogens with zero attached hydrogens (tertiary/aromatic N) is 2. The minimum Gasteiger partial charge on any atom is -0.399 e. The third-order valence-electron chi connectivity index (χ3n) is 5.07. The van der Waals surface area contributed by atoms with E-state index in [1.54, 1.807) is 30.3 Å². The lowest BCUT2D eigenvalue weighted by Gasteiger charge is -2.15. The molecule has 196 valence electrons. The number of hydrogen-bond donors (Lipinski definition) is 4. The average molecular weight is 555 g/mol. The monoisotopic (exact) mass is 554 g/mol. The first-order valence-corrected chi connectivity index (χ1v) is 12.0. The normalized spacial score (nSPS) is 10.8. The third kappa shape index (κ3) is 7.37. The van der Waals surface area contributed by atoms with Gasteiger partial charge in [-0.2, -0.15) is 0 Å². The fourth-order valence-electron chi connectivity index (χ4n) is 3.45.